The Bertz CT molecular complexity index is 3240. The number of hydrogen-bond donors (Lipinski definition) is 1. The molecule has 1 aliphatic carbocycles. The van der Waals surface area contributed by atoms with Crippen LogP contribution in [0.1, 0.15) is 80.6 Å². The minimum atomic E-state index is -0.677. The molecule has 0 bridgehead atoms. The molecule has 4 heterocycles. The van der Waals surface area contributed by atoms with Crippen LogP contribution in [0, 0.1) is 6.92 Å². The number of aryl methyl sites for hydroxylation is 1. The zero-order valence-corrected chi connectivity index (χ0v) is 34.7. The second-order valence-electron chi connectivity index (χ2n) is 18.5. The van der Waals surface area contributed by atoms with Gasteiger partial charge in [-0.2, -0.15) is 5.10 Å². The number of nitrogens with zero attached hydrogens (tertiary/aromatic N) is 4. The Labute approximate surface area is 345 Å². The zero-order valence-electron chi connectivity index (χ0n) is 34.7. The highest BCUT2D eigenvalue weighted by atomic mass is 15.2. The molecule has 0 radical (unpaired) electrons. The minimum absolute atomic E-state index is 0.0599. The summed E-state index contributed by atoms with van der Waals surface area (Å²) in [6, 6.07) is 54.7. The van der Waals surface area contributed by atoms with Gasteiger partial charge in [0.1, 0.15) is 5.82 Å². The van der Waals surface area contributed by atoms with E-state index in [0.29, 0.717) is 0 Å². The predicted octanol–water partition coefficient (Wildman–Crippen LogP) is 13.3. The third-order valence-electron chi connectivity index (χ3n) is 12.9. The van der Waals surface area contributed by atoms with Crippen molar-refractivity contribution in [3.63, 3.8) is 0 Å². The summed E-state index contributed by atoms with van der Waals surface area (Å²) in [4.78, 5) is 4.92. The van der Waals surface area contributed by atoms with E-state index in [9.17, 15) is 0 Å². The van der Waals surface area contributed by atoms with Gasteiger partial charge in [0, 0.05) is 39.5 Å². The lowest BCUT2D eigenvalue weighted by Gasteiger charge is -2.36. The average molecular weight is 766 g/mol. The molecule has 0 aliphatic heterocycles. The van der Waals surface area contributed by atoms with Crippen molar-refractivity contribution in [3.8, 4) is 22.8 Å². The van der Waals surface area contributed by atoms with Crippen molar-refractivity contribution in [1.29, 1.82) is 0 Å². The maximum absolute atomic E-state index is 4.92. The normalized spacial score (nSPS) is 13.8. The fourth-order valence-electron chi connectivity index (χ4n) is 9.95. The summed E-state index contributed by atoms with van der Waals surface area (Å²) in [7, 11) is 0. The van der Waals surface area contributed by atoms with Gasteiger partial charge in [0.05, 0.1) is 27.5 Å². The van der Waals surface area contributed by atoms with Crippen LogP contribution in [0.2, 0.25) is 0 Å². The lowest BCUT2D eigenvalue weighted by molar-refractivity contribution is 0.586. The Morgan fingerprint density at radius 2 is 0.966 bits per heavy atom. The molecule has 59 heavy (non-hydrogen) atoms. The van der Waals surface area contributed by atoms with Crippen molar-refractivity contribution in [2.45, 2.75) is 64.7 Å². The lowest BCUT2D eigenvalue weighted by Crippen LogP contribution is -2.30. The van der Waals surface area contributed by atoms with Crippen LogP contribution in [0.25, 0.3) is 66.4 Å². The molecule has 0 saturated carbocycles. The zero-order chi connectivity index (χ0) is 40.4. The van der Waals surface area contributed by atoms with Crippen LogP contribution < -0.4 is 0 Å². The summed E-state index contributed by atoms with van der Waals surface area (Å²) in [5.74, 6) is 1.79. The maximum atomic E-state index is 4.92. The average Bonchev–Trinajstić information content (AvgIpc) is 3.98. The van der Waals surface area contributed by atoms with E-state index >= 15 is 0 Å². The topological polar surface area (TPSA) is 51.4 Å². The molecule has 0 amide bonds. The smallest absolute Gasteiger partial charge is 0.159 e. The number of aromatic amines is 1. The molecule has 5 nitrogen and oxygen atoms in total. The molecule has 11 rings (SSSR count). The van der Waals surface area contributed by atoms with Crippen LogP contribution in [0.4, 0.5) is 0 Å². The summed E-state index contributed by atoms with van der Waals surface area (Å²) in [6.07, 6.45) is 1.89. The van der Waals surface area contributed by atoms with Crippen molar-refractivity contribution in [3.05, 3.63) is 191 Å². The fraction of sp³-hybridized carbons (Fsp3) is 0.185. The van der Waals surface area contributed by atoms with E-state index in [4.69, 9.17) is 10.1 Å². The van der Waals surface area contributed by atoms with Gasteiger partial charge in [-0.1, -0.05) is 145 Å². The maximum Gasteiger partial charge on any atom is 0.159 e. The molecule has 1 aliphatic rings. The SMILES string of the molecule is Cc1cc(-n2c3ccccc3c3ccc(C4(c5ccc6c7ccccc7n(-c7ccccn7)c6c5)c5cc(C(C)(C)C)ccc5-c5ccc(C(C)(C)C)cc54)cc32)n[nH]1. The van der Waals surface area contributed by atoms with Crippen LogP contribution in [0.3, 0.4) is 0 Å². The molecule has 0 atom stereocenters. The number of benzene rings is 6. The third kappa shape index (κ3) is 5.10. The Morgan fingerprint density at radius 1 is 0.475 bits per heavy atom. The van der Waals surface area contributed by atoms with Crippen LogP contribution in [-0.2, 0) is 16.2 Å². The van der Waals surface area contributed by atoms with E-state index in [2.05, 4.69) is 202 Å². The van der Waals surface area contributed by atoms with Crippen LogP contribution in [0.5, 0.6) is 0 Å². The second-order valence-corrected chi connectivity index (χ2v) is 18.5. The molecule has 0 fully saturated rings. The second kappa shape index (κ2) is 12.4. The van der Waals surface area contributed by atoms with Gasteiger partial charge in [-0.3, -0.25) is 14.2 Å². The summed E-state index contributed by atoms with van der Waals surface area (Å²) in [6.45, 7) is 16.0. The number of hydrogen-bond acceptors (Lipinski definition) is 2. The molecule has 1 N–H and O–H groups in total. The van der Waals surface area contributed by atoms with Crippen LogP contribution in [0.15, 0.2) is 152 Å². The van der Waals surface area contributed by atoms with Crippen molar-refractivity contribution in [2.24, 2.45) is 0 Å². The summed E-state index contributed by atoms with van der Waals surface area (Å²) < 4.78 is 4.68. The predicted molar refractivity (Wildman–Crippen MR) is 245 cm³/mol. The van der Waals surface area contributed by atoms with Gasteiger partial charge in [-0.05, 0) is 98.7 Å². The number of aromatic nitrogens is 5. The van der Waals surface area contributed by atoms with Crippen molar-refractivity contribution < 1.29 is 0 Å². The molecule has 10 aromatic rings. The Balaban J connectivity index is 1.33. The van der Waals surface area contributed by atoms with Gasteiger partial charge < -0.3 is 0 Å². The molecule has 0 unspecified atom stereocenters. The summed E-state index contributed by atoms with van der Waals surface area (Å²) in [5, 5.41) is 12.9. The van der Waals surface area contributed by atoms with E-state index in [0.717, 1.165) is 39.4 Å². The van der Waals surface area contributed by atoms with Crippen LogP contribution >= 0.6 is 0 Å². The molecule has 6 aromatic carbocycles. The number of rotatable bonds is 4. The molecular formula is C54H47N5. The van der Waals surface area contributed by atoms with E-state index in [1.807, 2.05) is 12.3 Å². The number of fused-ring (bicyclic) bond motifs is 9. The van der Waals surface area contributed by atoms with Gasteiger partial charge in [0.15, 0.2) is 5.82 Å². The van der Waals surface area contributed by atoms with E-state index in [1.165, 1.54) is 66.1 Å². The first-order valence-corrected chi connectivity index (χ1v) is 20.7. The highest BCUT2D eigenvalue weighted by Crippen LogP contribution is 2.58. The Kier molecular flexibility index (Phi) is 7.44. The highest BCUT2D eigenvalue weighted by molar-refractivity contribution is 6.11. The summed E-state index contributed by atoms with van der Waals surface area (Å²) >= 11 is 0. The number of nitrogens with one attached hydrogen (secondary N) is 1. The first kappa shape index (κ1) is 35.4. The molecule has 5 heteroatoms. The molecule has 0 saturated heterocycles. The Morgan fingerprint density at radius 3 is 1.44 bits per heavy atom. The van der Waals surface area contributed by atoms with E-state index < -0.39 is 5.41 Å². The number of pyridine rings is 1. The van der Waals surface area contributed by atoms with Gasteiger partial charge in [-0.25, -0.2) is 4.98 Å². The number of H-pyrrole nitrogens is 1. The molecular weight excluding hydrogens is 719 g/mol. The largest absolute Gasteiger partial charge is 0.294 e. The lowest BCUT2D eigenvalue weighted by atomic mass is 9.66. The molecule has 288 valence electrons. The van der Waals surface area contributed by atoms with Gasteiger partial charge in [0.25, 0.3) is 0 Å². The third-order valence-corrected chi connectivity index (χ3v) is 12.9. The standard InChI is InChI=1S/C54H47N5/c1-33-28-51(57-56-33)59-47-17-11-9-15-41(47)43-26-22-37(32-49(43)59)54(36-21-25-42-40-14-8-10-16-46(40)58(48(42)31-36)50-18-12-13-27-55-50)44-29-34(52(2,3)4)19-23-38(44)39-24-20-35(30-45(39)54)53(5,6)7/h8-32H,1-7H3,(H,56,57). The van der Waals surface area contributed by atoms with E-state index in [-0.39, 0.29) is 10.8 Å². The first-order valence-electron chi connectivity index (χ1n) is 20.7. The van der Waals surface area contributed by atoms with Crippen molar-refractivity contribution in [2.75, 3.05) is 0 Å². The molecule has 0 spiro atoms. The van der Waals surface area contributed by atoms with Gasteiger partial charge in [0.2, 0.25) is 0 Å². The Hall–Kier alpha value is -6.72. The quantitative estimate of drug-likeness (QED) is 0.194. The highest BCUT2D eigenvalue weighted by Gasteiger charge is 2.47. The van der Waals surface area contributed by atoms with Crippen LogP contribution in [-0.4, -0.2) is 24.3 Å². The van der Waals surface area contributed by atoms with Gasteiger partial charge >= 0.3 is 0 Å². The number of para-hydroxylation sites is 2. The fourth-order valence-corrected chi connectivity index (χ4v) is 9.95. The first-order chi connectivity index (χ1) is 28.4. The minimum Gasteiger partial charge on any atom is -0.294 e. The monoisotopic (exact) mass is 765 g/mol. The molecule has 4 aromatic heterocycles. The van der Waals surface area contributed by atoms with Gasteiger partial charge in [-0.15, -0.1) is 0 Å². The van der Waals surface area contributed by atoms with E-state index in [1.54, 1.807) is 0 Å². The van der Waals surface area contributed by atoms with Crippen molar-refractivity contribution in [1.82, 2.24) is 24.3 Å². The van der Waals surface area contributed by atoms with Crippen molar-refractivity contribution >= 4 is 43.6 Å². The summed E-state index contributed by atoms with van der Waals surface area (Å²) in [5.41, 5.74) is 15.0.